The van der Waals surface area contributed by atoms with E-state index in [0.717, 1.165) is 11.2 Å². The Morgan fingerprint density at radius 1 is 1.04 bits per heavy atom. The van der Waals surface area contributed by atoms with Crippen LogP contribution in [0.2, 0.25) is 0 Å². The predicted molar refractivity (Wildman–Crippen MR) is 101 cm³/mol. The average molecular weight is 352 g/mol. The van der Waals surface area contributed by atoms with Gasteiger partial charge in [0.25, 0.3) is 0 Å². The molecule has 0 aliphatic heterocycles. The first-order chi connectivity index (χ1) is 12.4. The van der Waals surface area contributed by atoms with Crippen molar-refractivity contribution in [2.24, 2.45) is 7.05 Å². The van der Waals surface area contributed by atoms with Gasteiger partial charge in [0.05, 0.1) is 11.0 Å². The van der Waals surface area contributed by atoms with Gasteiger partial charge in [0.15, 0.2) is 0 Å². The maximum atomic E-state index is 12.4. The van der Waals surface area contributed by atoms with Crippen molar-refractivity contribution in [3.05, 3.63) is 59.0 Å². The molecule has 2 amide bonds. The highest BCUT2D eigenvalue weighted by atomic mass is 16.2. The lowest BCUT2D eigenvalue weighted by atomic mass is 10.2. The summed E-state index contributed by atoms with van der Waals surface area (Å²) in [6.45, 7) is 1.41. The van der Waals surface area contributed by atoms with Crippen LogP contribution in [0, 0.1) is 0 Å². The van der Waals surface area contributed by atoms with Crippen molar-refractivity contribution in [2.75, 3.05) is 17.3 Å². The van der Waals surface area contributed by atoms with Gasteiger partial charge in [-0.05, 0) is 36.4 Å². The number of carbonyl (C=O) groups is 2. The van der Waals surface area contributed by atoms with E-state index in [9.17, 15) is 14.4 Å². The summed E-state index contributed by atoms with van der Waals surface area (Å²) in [7, 11) is 3.37. The van der Waals surface area contributed by atoms with Crippen LogP contribution in [0.15, 0.2) is 53.3 Å². The van der Waals surface area contributed by atoms with Crippen LogP contribution >= 0.6 is 0 Å². The van der Waals surface area contributed by atoms with Crippen LogP contribution in [-0.2, 0) is 23.2 Å². The maximum Gasteiger partial charge on any atom is 0.329 e. The van der Waals surface area contributed by atoms with E-state index < -0.39 is 0 Å². The minimum absolute atomic E-state index is 0.0721. The molecule has 0 unspecified atom stereocenters. The SMILES string of the molecule is CC(=O)N(C)c1ccc(NC(=O)Cn2c(=O)n(C)c3ccccc32)cc1. The maximum absolute atomic E-state index is 12.4. The molecule has 0 radical (unpaired) electrons. The van der Waals surface area contributed by atoms with Gasteiger partial charge < -0.3 is 10.2 Å². The van der Waals surface area contributed by atoms with Crippen molar-refractivity contribution in [1.82, 2.24) is 9.13 Å². The van der Waals surface area contributed by atoms with Gasteiger partial charge in [-0.25, -0.2) is 4.79 Å². The van der Waals surface area contributed by atoms with E-state index in [0.29, 0.717) is 11.2 Å². The van der Waals surface area contributed by atoms with Crippen LogP contribution in [-0.4, -0.2) is 28.0 Å². The minimum atomic E-state index is -0.295. The first-order valence-electron chi connectivity index (χ1n) is 8.17. The lowest BCUT2D eigenvalue weighted by Gasteiger charge is -2.15. The number of hydrogen-bond donors (Lipinski definition) is 1. The number of nitrogens with one attached hydrogen (secondary N) is 1. The Bertz CT molecular complexity index is 1030. The van der Waals surface area contributed by atoms with Gasteiger partial charge in [-0.15, -0.1) is 0 Å². The van der Waals surface area contributed by atoms with Gasteiger partial charge >= 0.3 is 5.69 Å². The fraction of sp³-hybridized carbons (Fsp3) is 0.211. The van der Waals surface area contributed by atoms with Crippen molar-refractivity contribution in [3.63, 3.8) is 0 Å². The van der Waals surface area contributed by atoms with Gasteiger partial charge in [-0.1, -0.05) is 12.1 Å². The highest BCUT2D eigenvalue weighted by Crippen LogP contribution is 2.17. The second kappa shape index (κ2) is 6.87. The highest BCUT2D eigenvalue weighted by molar-refractivity contribution is 5.93. The molecule has 0 bridgehead atoms. The van der Waals surface area contributed by atoms with E-state index in [1.54, 1.807) is 38.4 Å². The molecule has 1 aromatic heterocycles. The third-order valence-corrected chi connectivity index (χ3v) is 4.36. The first-order valence-corrected chi connectivity index (χ1v) is 8.17. The van der Waals surface area contributed by atoms with Crippen molar-refractivity contribution in [1.29, 1.82) is 0 Å². The number of aryl methyl sites for hydroxylation is 1. The molecule has 0 atom stereocenters. The van der Waals surface area contributed by atoms with Gasteiger partial charge in [0.2, 0.25) is 11.8 Å². The van der Waals surface area contributed by atoms with Crippen LogP contribution < -0.4 is 15.9 Å². The molecule has 1 heterocycles. The molecular formula is C19H20N4O3. The highest BCUT2D eigenvalue weighted by Gasteiger charge is 2.13. The number of anilines is 2. The topological polar surface area (TPSA) is 76.3 Å². The summed E-state index contributed by atoms with van der Waals surface area (Å²) in [6, 6.07) is 14.3. The van der Waals surface area contributed by atoms with Gasteiger partial charge in [-0.2, -0.15) is 0 Å². The normalized spacial score (nSPS) is 10.7. The molecule has 3 rings (SSSR count). The smallest absolute Gasteiger partial charge is 0.325 e. The number of para-hydroxylation sites is 2. The number of aromatic nitrogens is 2. The number of benzene rings is 2. The van der Waals surface area contributed by atoms with E-state index in [4.69, 9.17) is 0 Å². The largest absolute Gasteiger partial charge is 0.329 e. The Kier molecular flexibility index (Phi) is 4.62. The van der Waals surface area contributed by atoms with Crippen molar-refractivity contribution in [3.8, 4) is 0 Å². The second-order valence-corrected chi connectivity index (χ2v) is 6.09. The lowest BCUT2D eigenvalue weighted by Crippen LogP contribution is -2.28. The summed E-state index contributed by atoms with van der Waals surface area (Å²) in [5, 5.41) is 2.78. The van der Waals surface area contributed by atoms with Crippen LogP contribution in [0.25, 0.3) is 11.0 Å². The van der Waals surface area contributed by atoms with Crippen LogP contribution in [0.1, 0.15) is 6.92 Å². The molecule has 1 N–H and O–H groups in total. The summed E-state index contributed by atoms with van der Waals surface area (Å²) in [4.78, 5) is 37.6. The first kappa shape index (κ1) is 17.5. The summed E-state index contributed by atoms with van der Waals surface area (Å²) in [6.07, 6.45) is 0. The number of amides is 2. The molecule has 7 nitrogen and oxygen atoms in total. The van der Waals surface area contributed by atoms with Crippen LogP contribution in [0.5, 0.6) is 0 Å². The van der Waals surface area contributed by atoms with Crippen molar-refractivity contribution in [2.45, 2.75) is 13.5 Å². The lowest BCUT2D eigenvalue weighted by molar-refractivity contribution is -0.117. The third-order valence-electron chi connectivity index (χ3n) is 4.36. The number of imidazole rings is 1. The average Bonchev–Trinajstić information content (AvgIpc) is 2.87. The monoisotopic (exact) mass is 352 g/mol. The minimum Gasteiger partial charge on any atom is -0.325 e. The molecular weight excluding hydrogens is 332 g/mol. The van der Waals surface area contributed by atoms with E-state index in [2.05, 4.69) is 5.32 Å². The standard InChI is InChI=1S/C19H20N4O3/c1-13(24)21(2)15-10-8-14(9-11-15)20-18(25)12-23-17-7-5-4-6-16(17)22(3)19(23)26/h4-11H,12H2,1-3H3,(H,20,25). The van der Waals surface area contributed by atoms with Crippen LogP contribution in [0.4, 0.5) is 11.4 Å². The van der Waals surface area contributed by atoms with Crippen molar-refractivity contribution >= 4 is 34.2 Å². The summed E-state index contributed by atoms with van der Waals surface area (Å²) < 4.78 is 2.97. The molecule has 3 aromatic rings. The molecule has 0 saturated heterocycles. The summed E-state index contributed by atoms with van der Waals surface area (Å²) in [5.41, 5.74) is 2.60. The van der Waals surface area contributed by atoms with E-state index in [1.165, 1.54) is 21.0 Å². The quantitative estimate of drug-likeness (QED) is 0.780. The number of hydrogen-bond acceptors (Lipinski definition) is 3. The predicted octanol–water partition coefficient (Wildman–Crippen LogP) is 1.96. The van der Waals surface area contributed by atoms with Gasteiger partial charge in [0.1, 0.15) is 6.54 Å². The van der Waals surface area contributed by atoms with E-state index in [1.807, 2.05) is 24.3 Å². The third kappa shape index (κ3) is 3.23. The molecule has 2 aromatic carbocycles. The Morgan fingerprint density at radius 3 is 2.27 bits per heavy atom. The van der Waals surface area contributed by atoms with E-state index >= 15 is 0 Å². The molecule has 0 aliphatic rings. The molecule has 0 spiro atoms. The summed E-state index contributed by atoms with van der Waals surface area (Å²) >= 11 is 0. The molecule has 0 aliphatic carbocycles. The fourth-order valence-electron chi connectivity index (χ4n) is 2.81. The van der Waals surface area contributed by atoms with E-state index in [-0.39, 0.29) is 24.0 Å². The molecule has 26 heavy (non-hydrogen) atoms. The fourth-order valence-corrected chi connectivity index (χ4v) is 2.81. The number of carbonyl (C=O) groups excluding carboxylic acids is 2. The second-order valence-electron chi connectivity index (χ2n) is 6.09. The molecule has 0 saturated carbocycles. The zero-order valence-corrected chi connectivity index (χ0v) is 14.9. The molecule has 7 heteroatoms. The Hall–Kier alpha value is -3.35. The number of fused-ring (bicyclic) bond motifs is 1. The zero-order valence-electron chi connectivity index (χ0n) is 14.9. The van der Waals surface area contributed by atoms with Gasteiger partial charge in [0, 0.05) is 32.4 Å². The Labute approximate surface area is 150 Å². The Morgan fingerprint density at radius 2 is 1.65 bits per heavy atom. The molecule has 134 valence electrons. The van der Waals surface area contributed by atoms with Crippen molar-refractivity contribution < 1.29 is 9.59 Å². The zero-order chi connectivity index (χ0) is 18.8. The van der Waals surface area contributed by atoms with Crippen LogP contribution in [0.3, 0.4) is 0 Å². The summed E-state index contributed by atoms with van der Waals surface area (Å²) in [5.74, 6) is -0.367. The number of rotatable bonds is 4. The van der Waals surface area contributed by atoms with Gasteiger partial charge in [-0.3, -0.25) is 18.7 Å². The Balaban J connectivity index is 1.77. The molecule has 0 fully saturated rings. The number of nitrogens with zero attached hydrogens (tertiary/aromatic N) is 3.